The van der Waals surface area contributed by atoms with E-state index in [9.17, 15) is 4.79 Å². The lowest BCUT2D eigenvalue weighted by molar-refractivity contribution is -0.133. The summed E-state index contributed by atoms with van der Waals surface area (Å²) in [6, 6.07) is 5.77. The lowest BCUT2D eigenvalue weighted by Gasteiger charge is -2.13. The third-order valence-corrected chi connectivity index (χ3v) is 4.85. The zero-order valence-corrected chi connectivity index (χ0v) is 12.9. The second-order valence-electron chi connectivity index (χ2n) is 5.83. The van der Waals surface area contributed by atoms with Gasteiger partial charge in [0.2, 0.25) is 0 Å². The molecule has 1 aromatic carbocycles. The van der Waals surface area contributed by atoms with Crippen molar-refractivity contribution in [2.24, 2.45) is 5.41 Å². The molecule has 1 heterocycles. The van der Waals surface area contributed by atoms with Crippen molar-refractivity contribution in [2.75, 3.05) is 12.9 Å². The van der Waals surface area contributed by atoms with Gasteiger partial charge in [-0.1, -0.05) is 18.7 Å². The predicted octanol–water partition coefficient (Wildman–Crippen LogP) is 3.02. The summed E-state index contributed by atoms with van der Waals surface area (Å²) < 4.78 is 7.43. The molecule has 0 amide bonds. The Kier molecular flexibility index (Phi) is 3.57. The SMILES string of the molecule is COc1ccc2nc(SCC(=O)O)n(CC3(C)CC3)c2c1. The number of ether oxygens (including phenoxy) is 1. The molecule has 112 valence electrons. The van der Waals surface area contributed by atoms with Gasteiger partial charge in [0, 0.05) is 12.6 Å². The number of aromatic nitrogens is 2. The molecule has 0 aliphatic heterocycles. The van der Waals surface area contributed by atoms with Gasteiger partial charge in [0.15, 0.2) is 5.16 Å². The first kappa shape index (κ1) is 14.3. The van der Waals surface area contributed by atoms with E-state index in [1.165, 1.54) is 24.6 Å². The average Bonchev–Trinajstić information content (AvgIpc) is 3.09. The van der Waals surface area contributed by atoms with Gasteiger partial charge in [-0.3, -0.25) is 4.79 Å². The molecule has 2 aromatic rings. The van der Waals surface area contributed by atoms with E-state index < -0.39 is 5.97 Å². The van der Waals surface area contributed by atoms with Crippen LogP contribution in [0, 0.1) is 5.41 Å². The third kappa shape index (κ3) is 3.00. The van der Waals surface area contributed by atoms with E-state index in [0.717, 1.165) is 28.5 Å². The van der Waals surface area contributed by atoms with E-state index in [0.29, 0.717) is 5.41 Å². The molecule has 1 fully saturated rings. The van der Waals surface area contributed by atoms with Gasteiger partial charge < -0.3 is 14.4 Å². The van der Waals surface area contributed by atoms with Crippen molar-refractivity contribution >= 4 is 28.8 Å². The summed E-state index contributed by atoms with van der Waals surface area (Å²) in [7, 11) is 1.64. The third-order valence-electron chi connectivity index (χ3n) is 3.89. The lowest BCUT2D eigenvalue weighted by atomic mass is 10.1. The summed E-state index contributed by atoms with van der Waals surface area (Å²) in [5, 5.41) is 9.66. The number of thioether (sulfide) groups is 1. The van der Waals surface area contributed by atoms with Crippen molar-refractivity contribution in [3.8, 4) is 5.75 Å². The van der Waals surface area contributed by atoms with Gasteiger partial charge in [-0.25, -0.2) is 4.98 Å². The molecule has 1 saturated carbocycles. The molecule has 1 N–H and O–H groups in total. The van der Waals surface area contributed by atoms with Crippen LogP contribution in [0.15, 0.2) is 23.4 Å². The van der Waals surface area contributed by atoms with Gasteiger partial charge in [0.25, 0.3) is 0 Å². The van der Waals surface area contributed by atoms with Gasteiger partial charge in [-0.2, -0.15) is 0 Å². The molecule has 5 nitrogen and oxygen atoms in total. The summed E-state index contributed by atoms with van der Waals surface area (Å²) in [6.45, 7) is 3.13. The molecule has 0 unspecified atom stereocenters. The Morgan fingerprint density at radius 1 is 1.52 bits per heavy atom. The van der Waals surface area contributed by atoms with Crippen LogP contribution < -0.4 is 4.74 Å². The number of carbonyl (C=O) groups is 1. The number of aliphatic carboxylic acids is 1. The van der Waals surface area contributed by atoms with Crippen molar-refractivity contribution in [2.45, 2.75) is 31.5 Å². The number of benzene rings is 1. The molecule has 6 heteroatoms. The Labute approximate surface area is 127 Å². The van der Waals surface area contributed by atoms with Crippen LogP contribution in [0.4, 0.5) is 0 Å². The minimum absolute atomic E-state index is 0.0250. The quantitative estimate of drug-likeness (QED) is 0.831. The van der Waals surface area contributed by atoms with Crippen LogP contribution in [0.3, 0.4) is 0 Å². The van der Waals surface area contributed by atoms with E-state index >= 15 is 0 Å². The fourth-order valence-corrected chi connectivity index (χ4v) is 3.08. The number of carboxylic acids is 1. The number of imidazole rings is 1. The highest BCUT2D eigenvalue weighted by molar-refractivity contribution is 7.99. The van der Waals surface area contributed by atoms with Crippen LogP contribution in [0.1, 0.15) is 19.8 Å². The maximum atomic E-state index is 10.8. The molecule has 0 atom stereocenters. The van der Waals surface area contributed by atoms with Gasteiger partial charge in [0.05, 0.1) is 23.9 Å². The van der Waals surface area contributed by atoms with Gasteiger partial charge in [0.1, 0.15) is 5.75 Å². The first-order chi connectivity index (χ1) is 10.0. The highest BCUT2D eigenvalue weighted by atomic mass is 32.2. The smallest absolute Gasteiger partial charge is 0.313 e. The summed E-state index contributed by atoms with van der Waals surface area (Å²) in [5.41, 5.74) is 2.21. The van der Waals surface area contributed by atoms with Crippen LogP contribution in [-0.2, 0) is 11.3 Å². The van der Waals surface area contributed by atoms with Crippen LogP contribution in [-0.4, -0.2) is 33.5 Å². The fraction of sp³-hybridized carbons (Fsp3) is 0.467. The summed E-state index contributed by atoms with van der Waals surface area (Å²) in [6.07, 6.45) is 2.42. The van der Waals surface area contributed by atoms with E-state index in [1.807, 2.05) is 18.2 Å². The molecule has 1 aliphatic carbocycles. The summed E-state index contributed by atoms with van der Waals surface area (Å²) in [5.74, 6) is -0.00910. The number of methoxy groups -OCH3 is 1. The maximum absolute atomic E-state index is 10.8. The zero-order chi connectivity index (χ0) is 15.0. The van der Waals surface area contributed by atoms with Gasteiger partial charge >= 0.3 is 5.97 Å². The molecular formula is C15H18N2O3S. The second-order valence-corrected chi connectivity index (χ2v) is 6.77. The first-order valence-electron chi connectivity index (χ1n) is 6.90. The molecular weight excluding hydrogens is 288 g/mol. The maximum Gasteiger partial charge on any atom is 0.313 e. The Morgan fingerprint density at radius 2 is 2.29 bits per heavy atom. The van der Waals surface area contributed by atoms with Crippen molar-refractivity contribution in [1.82, 2.24) is 9.55 Å². The topological polar surface area (TPSA) is 64.3 Å². The van der Waals surface area contributed by atoms with Crippen molar-refractivity contribution < 1.29 is 14.6 Å². The molecule has 3 rings (SSSR count). The molecule has 0 saturated heterocycles. The normalized spacial score (nSPS) is 16.1. The van der Waals surface area contributed by atoms with Crippen LogP contribution in [0.25, 0.3) is 11.0 Å². The number of fused-ring (bicyclic) bond motifs is 1. The Hall–Kier alpha value is -1.69. The minimum atomic E-state index is -0.825. The van der Waals surface area contributed by atoms with E-state index in [1.54, 1.807) is 7.11 Å². The number of hydrogen-bond acceptors (Lipinski definition) is 4. The van der Waals surface area contributed by atoms with Crippen molar-refractivity contribution in [1.29, 1.82) is 0 Å². The van der Waals surface area contributed by atoms with Gasteiger partial charge in [-0.15, -0.1) is 0 Å². The Morgan fingerprint density at radius 3 is 2.90 bits per heavy atom. The van der Waals surface area contributed by atoms with E-state index in [2.05, 4.69) is 16.5 Å². The average molecular weight is 306 g/mol. The molecule has 1 aromatic heterocycles. The summed E-state index contributed by atoms with van der Waals surface area (Å²) in [4.78, 5) is 15.4. The van der Waals surface area contributed by atoms with Crippen molar-refractivity contribution in [3.05, 3.63) is 18.2 Å². The zero-order valence-electron chi connectivity index (χ0n) is 12.1. The molecule has 0 spiro atoms. The largest absolute Gasteiger partial charge is 0.497 e. The highest BCUT2D eigenvalue weighted by Crippen LogP contribution is 2.47. The lowest BCUT2D eigenvalue weighted by Crippen LogP contribution is -2.10. The van der Waals surface area contributed by atoms with Crippen LogP contribution >= 0.6 is 11.8 Å². The monoisotopic (exact) mass is 306 g/mol. The van der Waals surface area contributed by atoms with Gasteiger partial charge in [-0.05, 0) is 30.4 Å². The van der Waals surface area contributed by atoms with Crippen LogP contribution in [0.2, 0.25) is 0 Å². The molecule has 21 heavy (non-hydrogen) atoms. The highest BCUT2D eigenvalue weighted by Gasteiger charge is 2.38. The predicted molar refractivity (Wildman–Crippen MR) is 82.0 cm³/mol. The van der Waals surface area contributed by atoms with E-state index in [-0.39, 0.29) is 5.75 Å². The fourth-order valence-electron chi connectivity index (χ4n) is 2.35. The number of carboxylic acid groups (broad SMARTS) is 1. The molecule has 0 bridgehead atoms. The number of hydrogen-bond donors (Lipinski definition) is 1. The Balaban J connectivity index is 2.02. The van der Waals surface area contributed by atoms with Crippen LogP contribution in [0.5, 0.6) is 5.75 Å². The second kappa shape index (κ2) is 5.26. The Bertz CT molecular complexity index is 692. The first-order valence-corrected chi connectivity index (χ1v) is 7.88. The summed E-state index contributed by atoms with van der Waals surface area (Å²) >= 11 is 1.27. The number of rotatable bonds is 6. The van der Waals surface area contributed by atoms with Crippen molar-refractivity contribution in [3.63, 3.8) is 0 Å². The molecule has 0 radical (unpaired) electrons. The minimum Gasteiger partial charge on any atom is -0.497 e. The van der Waals surface area contributed by atoms with E-state index in [4.69, 9.17) is 9.84 Å². The number of nitrogens with zero attached hydrogens (tertiary/aromatic N) is 2. The standard InChI is InChI=1S/C15H18N2O3S/c1-15(5-6-15)9-17-12-7-10(20-2)3-4-11(12)16-14(17)21-8-13(18)19/h3-4,7H,5-6,8-9H2,1-2H3,(H,18,19). The molecule has 1 aliphatic rings.